The van der Waals surface area contributed by atoms with Crippen LogP contribution >= 0.6 is 0 Å². The summed E-state index contributed by atoms with van der Waals surface area (Å²) in [5.74, 6) is -0.741. The van der Waals surface area contributed by atoms with Crippen LogP contribution in [0.3, 0.4) is 0 Å². The number of nitro groups is 1. The Balaban J connectivity index is 3.14. The van der Waals surface area contributed by atoms with E-state index in [2.05, 4.69) is 4.74 Å². The van der Waals surface area contributed by atoms with Gasteiger partial charge in [-0.3, -0.25) is 10.1 Å². The van der Waals surface area contributed by atoms with Crippen molar-refractivity contribution in [2.24, 2.45) is 0 Å². The van der Waals surface area contributed by atoms with E-state index in [-0.39, 0.29) is 11.4 Å². The van der Waals surface area contributed by atoms with E-state index in [0.717, 1.165) is 6.07 Å². The number of rotatable bonds is 4. The zero-order chi connectivity index (χ0) is 13.7. The number of methoxy groups -OCH3 is 1. The van der Waals surface area contributed by atoms with Crippen LogP contribution in [0.25, 0.3) is 6.08 Å². The van der Waals surface area contributed by atoms with Crippen LogP contribution in [0.1, 0.15) is 18.9 Å². The third kappa shape index (κ3) is 3.07. The second-order valence-corrected chi connectivity index (χ2v) is 3.51. The minimum Gasteiger partial charge on any atom is -0.507 e. The highest BCUT2D eigenvalue weighted by Gasteiger charge is 2.12. The first kappa shape index (κ1) is 13.7. The van der Waals surface area contributed by atoms with Gasteiger partial charge in [0.05, 0.1) is 18.1 Å². The summed E-state index contributed by atoms with van der Waals surface area (Å²) in [6.45, 7) is 1.77. The predicted molar refractivity (Wildman–Crippen MR) is 65.0 cm³/mol. The average Bonchev–Trinajstić information content (AvgIpc) is 2.36. The lowest BCUT2D eigenvalue weighted by Gasteiger charge is -2.04. The van der Waals surface area contributed by atoms with Gasteiger partial charge in [0.2, 0.25) is 0 Å². The summed E-state index contributed by atoms with van der Waals surface area (Å²) in [7, 11) is 1.27. The summed E-state index contributed by atoms with van der Waals surface area (Å²) in [6, 6.07) is 3.68. The minimum atomic E-state index is -0.603. The van der Waals surface area contributed by atoms with E-state index in [1.807, 2.05) is 0 Å². The van der Waals surface area contributed by atoms with Crippen molar-refractivity contribution in [3.05, 3.63) is 39.4 Å². The van der Waals surface area contributed by atoms with E-state index in [1.54, 1.807) is 6.92 Å². The number of ether oxygens (including phenoxy) is 1. The maximum absolute atomic E-state index is 11.4. The second kappa shape index (κ2) is 5.81. The first-order valence-corrected chi connectivity index (χ1v) is 5.25. The Hall–Kier alpha value is -2.37. The van der Waals surface area contributed by atoms with Gasteiger partial charge in [0.25, 0.3) is 5.69 Å². The largest absolute Gasteiger partial charge is 0.507 e. The van der Waals surface area contributed by atoms with Gasteiger partial charge in [-0.05, 0) is 18.6 Å². The van der Waals surface area contributed by atoms with Crippen LogP contribution in [0.15, 0.2) is 23.8 Å². The van der Waals surface area contributed by atoms with Gasteiger partial charge in [0, 0.05) is 17.2 Å². The number of esters is 1. The molecule has 6 heteroatoms. The van der Waals surface area contributed by atoms with E-state index in [4.69, 9.17) is 0 Å². The minimum absolute atomic E-state index is 0.208. The van der Waals surface area contributed by atoms with Crippen LogP contribution in [-0.2, 0) is 9.53 Å². The number of carbonyl (C=O) groups excluding carboxylic acids is 1. The molecular formula is C12H13NO5. The van der Waals surface area contributed by atoms with Crippen LogP contribution in [-0.4, -0.2) is 23.1 Å². The quantitative estimate of drug-likeness (QED) is 0.383. The standard InChI is InChI=1S/C12H13NO5/c1-3-8(12(15)18-2)6-9-4-5-10(13(16)17)7-11(9)14/h4-7,14H,3H2,1-2H3. The number of hydrogen-bond donors (Lipinski definition) is 1. The zero-order valence-corrected chi connectivity index (χ0v) is 10.0. The third-order valence-electron chi connectivity index (χ3n) is 2.38. The summed E-state index contributed by atoms with van der Waals surface area (Å²) < 4.78 is 4.58. The van der Waals surface area contributed by atoms with Gasteiger partial charge in [-0.2, -0.15) is 0 Å². The van der Waals surface area contributed by atoms with E-state index in [9.17, 15) is 20.0 Å². The monoisotopic (exact) mass is 251 g/mol. The molecule has 6 nitrogen and oxygen atoms in total. The molecule has 0 amide bonds. The average molecular weight is 251 g/mol. The molecule has 0 aliphatic carbocycles. The maximum atomic E-state index is 11.4. The number of hydrogen-bond acceptors (Lipinski definition) is 5. The number of phenols is 1. The SMILES string of the molecule is CCC(=Cc1ccc([N+](=O)[O-])cc1O)C(=O)OC. The molecule has 1 N–H and O–H groups in total. The second-order valence-electron chi connectivity index (χ2n) is 3.51. The highest BCUT2D eigenvalue weighted by Crippen LogP contribution is 2.26. The molecule has 0 aliphatic heterocycles. The molecule has 0 atom stereocenters. The summed E-state index contributed by atoms with van der Waals surface area (Å²) in [6.07, 6.45) is 1.88. The van der Waals surface area contributed by atoms with Crippen LogP contribution in [0, 0.1) is 10.1 Å². The Labute approximate surface area is 104 Å². The summed E-state index contributed by atoms with van der Waals surface area (Å²) >= 11 is 0. The van der Waals surface area contributed by atoms with Gasteiger partial charge in [0.15, 0.2) is 0 Å². The fourth-order valence-electron chi connectivity index (χ4n) is 1.39. The van der Waals surface area contributed by atoms with Crippen molar-refractivity contribution in [3.63, 3.8) is 0 Å². The smallest absolute Gasteiger partial charge is 0.333 e. The Morgan fingerprint density at radius 2 is 2.22 bits per heavy atom. The highest BCUT2D eigenvalue weighted by molar-refractivity contribution is 5.94. The lowest BCUT2D eigenvalue weighted by atomic mass is 10.1. The highest BCUT2D eigenvalue weighted by atomic mass is 16.6. The predicted octanol–water partition coefficient (Wildman–Crippen LogP) is 2.27. The fraction of sp³-hybridized carbons (Fsp3) is 0.250. The van der Waals surface area contributed by atoms with Gasteiger partial charge in [-0.15, -0.1) is 0 Å². The molecule has 1 aromatic rings. The summed E-state index contributed by atoms with van der Waals surface area (Å²) in [5.41, 5.74) is 0.505. The molecule has 0 aliphatic rings. The molecule has 0 saturated carbocycles. The lowest BCUT2D eigenvalue weighted by Crippen LogP contribution is -2.03. The molecule has 0 fully saturated rings. The van der Waals surface area contributed by atoms with E-state index >= 15 is 0 Å². The summed E-state index contributed by atoms with van der Waals surface area (Å²) in [4.78, 5) is 21.3. The molecule has 0 unspecified atom stereocenters. The molecule has 0 bridgehead atoms. The molecule has 0 aromatic heterocycles. The van der Waals surface area contributed by atoms with Gasteiger partial charge in [0.1, 0.15) is 5.75 Å². The topological polar surface area (TPSA) is 89.7 Å². The number of non-ortho nitro benzene ring substituents is 1. The number of nitrogens with zero attached hydrogens (tertiary/aromatic N) is 1. The van der Waals surface area contributed by atoms with Gasteiger partial charge < -0.3 is 9.84 Å². The van der Waals surface area contributed by atoms with Crippen molar-refractivity contribution in [1.29, 1.82) is 0 Å². The van der Waals surface area contributed by atoms with Gasteiger partial charge in [-0.25, -0.2) is 4.79 Å². The Bertz CT molecular complexity index is 507. The molecule has 0 radical (unpaired) electrons. The van der Waals surface area contributed by atoms with Gasteiger partial charge in [-0.1, -0.05) is 6.92 Å². The Morgan fingerprint density at radius 1 is 1.56 bits per heavy atom. The van der Waals surface area contributed by atoms with E-state index < -0.39 is 10.9 Å². The molecule has 0 spiro atoms. The molecule has 1 rings (SSSR count). The zero-order valence-electron chi connectivity index (χ0n) is 10.0. The number of phenolic OH excluding ortho intramolecular Hbond substituents is 1. The first-order valence-electron chi connectivity index (χ1n) is 5.25. The normalized spacial score (nSPS) is 11.1. The molecule has 0 saturated heterocycles. The van der Waals surface area contributed by atoms with Crippen molar-refractivity contribution in [3.8, 4) is 5.75 Å². The number of benzene rings is 1. The van der Waals surface area contributed by atoms with E-state index in [1.165, 1.54) is 25.3 Å². The first-order chi connectivity index (χ1) is 8.49. The van der Waals surface area contributed by atoms with E-state index in [0.29, 0.717) is 17.6 Å². The number of carbonyl (C=O) groups is 1. The molecule has 18 heavy (non-hydrogen) atoms. The van der Waals surface area contributed by atoms with Crippen LogP contribution in [0.4, 0.5) is 5.69 Å². The number of nitro benzene ring substituents is 1. The Morgan fingerprint density at radius 3 is 2.67 bits per heavy atom. The molecule has 1 aromatic carbocycles. The van der Waals surface area contributed by atoms with Crippen molar-refractivity contribution in [2.75, 3.05) is 7.11 Å². The lowest BCUT2D eigenvalue weighted by molar-refractivity contribution is -0.384. The van der Waals surface area contributed by atoms with Crippen molar-refractivity contribution in [2.45, 2.75) is 13.3 Å². The Kier molecular flexibility index (Phi) is 4.42. The van der Waals surface area contributed by atoms with Gasteiger partial charge >= 0.3 is 5.97 Å². The maximum Gasteiger partial charge on any atom is 0.333 e. The van der Waals surface area contributed by atoms with Crippen LogP contribution in [0.5, 0.6) is 5.75 Å². The third-order valence-corrected chi connectivity index (χ3v) is 2.38. The molecular weight excluding hydrogens is 238 g/mol. The van der Waals surface area contributed by atoms with Crippen molar-refractivity contribution < 1.29 is 19.6 Å². The van der Waals surface area contributed by atoms with Crippen molar-refractivity contribution >= 4 is 17.7 Å². The molecule has 0 heterocycles. The summed E-state index contributed by atoms with van der Waals surface area (Å²) in [5, 5.41) is 20.1. The van der Waals surface area contributed by atoms with Crippen molar-refractivity contribution in [1.82, 2.24) is 0 Å². The van der Waals surface area contributed by atoms with Crippen LogP contribution in [0.2, 0.25) is 0 Å². The number of aromatic hydroxyl groups is 1. The van der Waals surface area contributed by atoms with Crippen LogP contribution < -0.4 is 0 Å². The fourth-order valence-corrected chi connectivity index (χ4v) is 1.39. The molecule has 96 valence electrons.